The lowest BCUT2D eigenvalue weighted by Crippen LogP contribution is -2.32. The number of piperidine rings is 1. The molecule has 22 heavy (non-hydrogen) atoms. The van der Waals surface area contributed by atoms with E-state index in [1.54, 1.807) is 0 Å². The molecule has 0 amide bonds. The van der Waals surface area contributed by atoms with Gasteiger partial charge in [0, 0.05) is 18.2 Å². The Labute approximate surface area is 130 Å². The molecule has 1 heterocycles. The molecule has 0 N–H and O–H groups in total. The van der Waals surface area contributed by atoms with Gasteiger partial charge in [0.2, 0.25) is 0 Å². The lowest BCUT2D eigenvalue weighted by Gasteiger charge is -2.32. The van der Waals surface area contributed by atoms with Gasteiger partial charge < -0.3 is 0 Å². The molecule has 2 nitrogen and oxygen atoms in total. The number of aldehydes is 1. The average Bonchev–Trinajstić information content (AvgIpc) is 2.56. The van der Waals surface area contributed by atoms with Crippen LogP contribution in [0.2, 0.25) is 0 Å². The van der Waals surface area contributed by atoms with Gasteiger partial charge in [0.15, 0.2) is 0 Å². The molecule has 3 rings (SSSR count). The zero-order valence-electron chi connectivity index (χ0n) is 12.5. The third-order valence-electron chi connectivity index (χ3n) is 4.38. The summed E-state index contributed by atoms with van der Waals surface area (Å²) >= 11 is 0. The van der Waals surface area contributed by atoms with E-state index in [0.29, 0.717) is 5.56 Å². The highest BCUT2D eigenvalue weighted by molar-refractivity contribution is 5.77. The van der Waals surface area contributed by atoms with Gasteiger partial charge in [0.25, 0.3) is 0 Å². The number of benzene rings is 2. The minimum absolute atomic E-state index is 0.260. The molecule has 2 aromatic rings. The second kappa shape index (κ2) is 6.84. The summed E-state index contributed by atoms with van der Waals surface area (Å²) in [6.45, 7) is 2.89. The van der Waals surface area contributed by atoms with Crippen molar-refractivity contribution in [2.75, 3.05) is 13.1 Å². The van der Waals surface area contributed by atoms with Crippen LogP contribution in [0.15, 0.2) is 42.5 Å². The molecule has 0 aliphatic carbocycles. The molecule has 113 valence electrons. The van der Waals surface area contributed by atoms with Crippen molar-refractivity contribution in [1.82, 2.24) is 4.90 Å². The monoisotopic (exact) mass is 296 g/mol. The van der Waals surface area contributed by atoms with Gasteiger partial charge in [-0.1, -0.05) is 30.3 Å². The Morgan fingerprint density at radius 3 is 2.64 bits per heavy atom. The van der Waals surface area contributed by atoms with Crippen LogP contribution in [0.1, 0.15) is 40.2 Å². The Morgan fingerprint density at radius 1 is 1.23 bits per heavy atom. The maximum absolute atomic E-state index is 13.4. The maximum Gasteiger partial charge on any atom is 0.150 e. The summed E-state index contributed by atoms with van der Waals surface area (Å²) < 4.78 is 13.4. The van der Waals surface area contributed by atoms with Crippen molar-refractivity contribution < 1.29 is 9.18 Å². The number of likely N-dealkylation sites (tertiary alicyclic amines) is 1. The number of carbonyl (C=O) groups excluding carboxylic acids is 1. The molecule has 0 spiro atoms. The first kappa shape index (κ1) is 14.9. The summed E-state index contributed by atoms with van der Waals surface area (Å²) in [6.07, 6.45) is 2.72. The van der Waals surface area contributed by atoms with Crippen LogP contribution in [0.5, 0.6) is 0 Å². The van der Waals surface area contributed by atoms with Gasteiger partial charge in [-0.2, -0.15) is 0 Å². The molecule has 2 aromatic carbocycles. The summed E-state index contributed by atoms with van der Waals surface area (Å²) in [5.74, 6) is -0.122. The van der Waals surface area contributed by atoms with Crippen molar-refractivity contribution in [3.8, 4) is 0 Å². The van der Waals surface area contributed by atoms with Gasteiger partial charge in [0.1, 0.15) is 12.1 Å². The van der Waals surface area contributed by atoms with Crippen LogP contribution in [0.4, 0.5) is 4.39 Å². The van der Waals surface area contributed by atoms with Gasteiger partial charge in [0.05, 0.1) is 0 Å². The molecule has 0 atom stereocenters. The van der Waals surface area contributed by atoms with E-state index < -0.39 is 0 Å². The highest BCUT2D eigenvalue weighted by Crippen LogP contribution is 2.30. The van der Waals surface area contributed by atoms with Crippen LogP contribution >= 0.6 is 0 Å². The van der Waals surface area contributed by atoms with E-state index in [-0.39, 0.29) is 11.7 Å². The van der Waals surface area contributed by atoms with Gasteiger partial charge in [-0.15, -0.1) is 0 Å². The zero-order chi connectivity index (χ0) is 15.4. The number of nitrogens with zero attached hydrogens (tertiary/aromatic N) is 1. The lowest BCUT2D eigenvalue weighted by molar-refractivity contribution is 0.112. The topological polar surface area (TPSA) is 20.3 Å². The Balaban J connectivity index is 1.64. The quantitative estimate of drug-likeness (QED) is 0.799. The average molecular weight is 296 g/mol. The first-order valence-electron chi connectivity index (χ1n) is 7.69. The van der Waals surface area contributed by atoms with E-state index in [1.807, 2.05) is 6.07 Å². The van der Waals surface area contributed by atoms with E-state index >= 15 is 0 Å². The first-order chi connectivity index (χ1) is 10.8. The zero-order valence-corrected chi connectivity index (χ0v) is 12.5. The third-order valence-corrected chi connectivity index (χ3v) is 4.38. The van der Waals surface area contributed by atoms with Gasteiger partial charge in [-0.3, -0.25) is 9.69 Å². The van der Waals surface area contributed by atoms with Gasteiger partial charge in [-0.05, 0) is 55.1 Å². The number of hydrogen-bond acceptors (Lipinski definition) is 2. The maximum atomic E-state index is 13.4. The minimum atomic E-state index is -0.382. The molecule has 1 fully saturated rings. The van der Waals surface area contributed by atoms with Gasteiger partial charge in [-0.25, -0.2) is 4.39 Å². The molecule has 0 aromatic heterocycles. The fourth-order valence-electron chi connectivity index (χ4n) is 3.19. The SMILES string of the molecule is O=Cc1c[c]c(F)cc1C1CCN(Cc2ccccc2)CC1. The van der Waals surface area contributed by atoms with Crippen molar-refractivity contribution in [2.24, 2.45) is 0 Å². The summed E-state index contributed by atoms with van der Waals surface area (Å²) in [5.41, 5.74) is 2.73. The predicted molar refractivity (Wildman–Crippen MR) is 84.3 cm³/mol. The van der Waals surface area contributed by atoms with E-state index in [2.05, 4.69) is 35.2 Å². The summed E-state index contributed by atoms with van der Waals surface area (Å²) in [7, 11) is 0. The van der Waals surface area contributed by atoms with Crippen molar-refractivity contribution in [1.29, 1.82) is 0 Å². The molecule has 1 aliphatic heterocycles. The van der Waals surface area contributed by atoms with Crippen LogP contribution < -0.4 is 0 Å². The number of rotatable bonds is 4. The molecule has 1 aliphatic rings. The van der Waals surface area contributed by atoms with E-state index in [1.165, 1.54) is 17.7 Å². The largest absolute Gasteiger partial charge is 0.299 e. The third kappa shape index (κ3) is 3.42. The fraction of sp³-hybridized carbons (Fsp3) is 0.316. The first-order valence-corrected chi connectivity index (χ1v) is 7.69. The Bertz CT molecular complexity index is 633. The van der Waals surface area contributed by atoms with Gasteiger partial charge >= 0.3 is 0 Å². The highest BCUT2D eigenvalue weighted by atomic mass is 19.1. The molecular weight excluding hydrogens is 277 g/mol. The number of carbonyl (C=O) groups is 1. The Morgan fingerprint density at radius 2 is 1.95 bits per heavy atom. The number of hydrogen-bond donors (Lipinski definition) is 0. The Hall–Kier alpha value is -2.00. The van der Waals surface area contributed by atoms with Crippen molar-refractivity contribution >= 4 is 6.29 Å². The van der Waals surface area contributed by atoms with Crippen LogP contribution in [0.25, 0.3) is 0 Å². The second-order valence-corrected chi connectivity index (χ2v) is 5.85. The van der Waals surface area contributed by atoms with Crippen molar-refractivity contribution in [2.45, 2.75) is 25.3 Å². The van der Waals surface area contributed by atoms with Crippen molar-refractivity contribution in [3.05, 3.63) is 71.0 Å². The predicted octanol–water partition coefficient (Wildman–Crippen LogP) is 3.82. The number of halogens is 1. The molecular formula is C19H19FNO. The normalized spacial score (nSPS) is 16.6. The van der Waals surface area contributed by atoms with E-state index in [0.717, 1.165) is 44.3 Å². The van der Waals surface area contributed by atoms with Crippen LogP contribution in [0, 0.1) is 11.9 Å². The summed E-state index contributed by atoms with van der Waals surface area (Å²) in [5, 5.41) is 0. The molecule has 0 bridgehead atoms. The molecule has 0 unspecified atom stereocenters. The fourth-order valence-corrected chi connectivity index (χ4v) is 3.19. The smallest absolute Gasteiger partial charge is 0.150 e. The van der Waals surface area contributed by atoms with Crippen LogP contribution in [0.3, 0.4) is 0 Å². The Kier molecular flexibility index (Phi) is 4.64. The summed E-state index contributed by atoms with van der Waals surface area (Å²) in [6, 6.07) is 15.8. The second-order valence-electron chi connectivity index (χ2n) is 5.85. The van der Waals surface area contributed by atoms with E-state index in [4.69, 9.17) is 0 Å². The minimum Gasteiger partial charge on any atom is -0.299 e. The standard InChI is InChI=1S/C19H19FNO/c20-18-7-6-17(14-22)19(12-18)16-8-10-21(11-9-16)13-15-4-2-1-3-5-15/h1-6,12,14,16H,8-11,13H2. The lowest BCUT2D eigenvalue weighted by atomic mass is 9.86. The van der Waals surface area contributed by atoms with Crippen LogP contribution in [-0.4, -0.2) is 24.3 Å². The molecule has 1 saturated heterocycles. The molecule has 3 heteroatoms. The van der Waals surface area contributed by atoms with Crippen LogP contribution in [-0.2, 0) is 6.54 Å². The highest BCUT2D eigenvalue weighted by Gasteiger charge is 2.23. The molecule has 1 radical (unpaired) electrons. The van der Waals surface area contributed by atoms with Crippen molar-refractivity contribution in [3.63, 3.8) is 0 Å². The summed E-state index contributed by atoms with van der Waals surface area (Å²) in [4.78, 5) is 13.5. The van der Waals surface area contributed by atoms with E-state index in [9.17, 15) is 9.18 Å². The molecule has 0 saturated carbocycles.